The molecule has 1 aromatic heterocycles. The van der Waals surface area contributed by atoms with E-state index >= 15 is 0 Å². The van der Waals surface area contributed by atoms with Gasteiger partial charge in [0.2, 0.25) is 10.0 Å². The maximum absolute atomic E-state index is 11.2. The molecule has 9 heteroatoms. The van der Waals surface area contributed by atoms with Gasteiger partial charge in [-0.05, 0) is 23.8 Å². The fourth-order valence-electron chi connectivity index (χ4n) is 1.72. The molecule has 0 saturated carbocycles. The minimum Gasteiger partial charge on any atom is -0.308 e. The largest absolute Gasteiger partial charge is 0.324 e. The summed E-state index contributed by atoms with van der Waals surface area (Å²) in [6.07, 6.45) is 0. The van der Waals surface area contributed by atoms with Crippen LogP contribution in [0.4, 0.5) is 5.00 Å². The molecule has 7 nitrogen and oxygen atoms in total. The normalized spacial score (nSPS) is 11.5. The second kappa shape index (κ2) is 6.31. The minimum atomic E-state index is -3.71. The summed E-state index contributed by atoms with van der Waals surface area (Å²) in [5.41, 5.74) is 0.771. The van der Waals surface area contributed by atoms with Crippen molar-refractivity contribution in [3.05, 3.63) is 57.0 Å². The van der Waals surface area contributed by atoms with Gasteiger partial charge in [0.25, 0.3) is 0 Å². The number of rotatable bonds is 6. The number of hydrogen-bond acceptors (Lipinski definition) is 6. The van der Waals surface area contributed by atoms with Crippen molar-refractivity contribution in [1.82, 2.24) is 5.32 Å². The first-order valence-electron chi connectivity index (χ1n) is 5.92. The monoisotopic (exact) mass is 327 g/mol. The summed E-state index contributed by atoms with van der Waals surface area (Å²) in [6.45, 7) is 0.910. The van der Waals surface area contributed by atoms with E-state index in [-0.39, 0.29) is 9.90 Å². The molecule has 2 aromatic rings. The number of nitro groups is 1. The van der Waals surface area contributed by atoms with Crippen molar-refractivity contribution in [3.8, 4) is 0 Å². The highest BCUT2D eigenvalue weighted by Gasteiger charge is 2.10. The molecule has 0 aliphatic rings. The Balaban J connectivity index is 1.95. The lowest BCUT2D eigenvalue weighted by molar-refractivity contribution is -0.380. The number of thiophene rings is 1. The lowest BCUT2D eigenvalue weighted by Crippen LogP contribution is -2.14. The molecule has 1 aromatic carbocycles. The Morgan fingerprint density at radius 3 is 2.62 bits per heavy atom. The lowest BCUT2D eigenvalue weighted by atomic mass is 10.2. The van der Waals surface area contributed by atoms with E-state index in [2.05, 4.69) is 5.32 Å². The molecule has 2 rings (SSSR count). The van der Waals surface area contributed by atoms with Crippen LogP contribution in [0.1, 0.15) is 10.4 Å². The number of benzene rings is 1. The van der Waals surface area contributed by atoms with Gasteiger partial charge in [-0.2, -0.15) is 0 Å². The van der Waals surface area contributed by atoms with E-state index in [0.29, 0.717) is 13.1 Å². The topological polar surface area (TPSA) is 115 Å². The molecule has 1 heterocycles. The zero-order chi connectivity index (χ0) is 15.5. The smallest absolute Gasteiger partial charge is 0.308 e. The third-order valence-electron chi connectivity index (χ3n) is 2.68. The summed E-state index contributed by atoms with van der Waals surface area (Å²) in [4.78, 5) is 11.0. The predicted octanol–water partition coefficient (Wildman–Crippen LogP) is 1.59. The molecule has 0 bridgehead atoms. The first-order valence-corrected chi connectivity index (χ1v) is 8.28. The zero-order valence-corrected chi connectivity index (χ0v) is 12.5. The van der Waals surface area contributed by atoms with E-state index < -0.39 is 14.9 Å². The third kappa shape index (κ3) is 4.33. The second-order valence-corrected chi connectivity index (χ2v) is 7.00. The van der Waals surface area contributed by atoms with Gasteiger partial charge in [-0.15, -0.1) is 0 Å². The molecule has 0 spiro atoms. The van der Waals surface area contributed by atoms with Gasteiger partial charge in [-0.3, -0.25) is 10.1 Å². The third-order valence-corrected chi connectivity index (χ3v) is 4.63. The minimum absolute atomic E-state index is 0.0635. The molecular weight excluding hydrogens is 314 g/mol. The van der Waals surface area contributed by atoms with Gasteiger partial charge >= 0.3 is 5.00 Å². The highest BCUT2D eigenvalue weighted by molar-refractivity contribution is 7.89. The molecule has 0 radical (unpaired) electrons. The van der Waals surface area contributed by atoms with Crippen molar-refractivity contribution in [1.29, 1.82) is 0 Å². The fourth-order valence-corrected chi connectivity index (χ4v) is 3.10. The Labute approximate surface area is 125 Å². The molecule has 0 amide bonds. The first-order chi connectivity index (χ1) is 9.86. The summed E-state index contributed by atoms with van der Waals surface area (Å²) in [7, 11) is -3.71. The average molecular weight is 327 g/mol. The van der Waals surface area contributed by atoms with Crippen LogP contribution in [0.5, 0.6) is 0 Å². The van der Waals surface area contributed by atoms with Gasteiger partial charge in [0.05, 0.1) is 9.82 Å². The lowest BCUT2D eigenvalue weighted by Gasteiger charge is -2.05. The van der Waals surface area contributed by atoms with Crippen molar-refractivity contribution >= 4 is 26.4 Å². The molecule has 0 atom stereocenters. The van der Waals surface area contributed by atoms with E-state index in [1.807, 2.05) is 0 Å². The van der Waals surface area contributed by atoms with Crippen LogP contribution in [0, 0.1) is 10.1 Å². The summed E-state index contributed by atoms with van der Waals surface area (Å²) >= 11 is 1.11. The van der Waals surface area contributed by atoms with Crippen molar-refractivity contribution in [3.63, 3.8) is 0 Å². The van der Waals surface area contributed by atoms with E-state index in [0.717, 1.165) is 21.8 Å². The number of nitrogens with zero attached hydrogens (tertiary/aromatic N) is 1. The van der Waals surface area contributed by atoms with Crippen molar-refractivity contribution < 1.29 is 13.3 Å². The number of nitrogens with two attached hydrogens (primary N) is 1. The molecule has 0 aliphatic carbocycles. The van der Waals surface area contributed by atoms with Crippen molar-refractivity contribution in [2.75, 3.05) is 0 Å². The van der Waals surface area contributed by atoms with Gasteiger partial charge < -0.3 is 5.32 Å². The Morgan fingerprint density at radius 2 is 2.00 bits per heavy atom. The van der Waals surface area contributed by atoms with Crippen LogP contribution in [0.25, 0.3) is 0 Å². The Morgan fingerprint density at radius 1 is 1.24 bits per heavy atom. The standard InChI is InChI=1S/C12H13N3O4S2/c13-21(18,19)11-3-1-2-9(6-11)7-14-8-10-4-5-12(20-10)15(16)17/h1-6,14H,7-8H2,(H2,13,18,19). The van der Waals surface area contributed by atoms with Crippen LogP contribution in [-0.2, 0) is 23.1 Å². The van der Waals surface area contributed by atoms with Crippen molar-refractivity contribution in [2.45, 2.75) is 18.0 Å². The second-order valence-electron chi connectivity index (χ2n) is 4.29. The molecule has 0 fully saturated rings. The maximum Gasteiger partial charge on any atom is 0.324 e. The van der Waals surface area contributed by atoms with E-state index in [4.69, 9.17) is 5.14 Å². The Hall–Kier alpha value is -1.81. The molecule has 21 heavy (non-hydrogen) atoms. The van der Waals surface area contributed by atoms with Crippen LogP contribution in [-0.4, -0.2) is 13.3 Å². The molecule has 0 aliphatic heterocycles. The van der Waals surface area contributed by atoms with Crippen LogP contribution in [0.15, 0.2) is 41.3 Å². The Kier molecular flexibility index (Phi) is 4.68. The SMILES string of the molecule is NS(=O)(=O)c1cccc(CNCc2ccc([N+](=O)[O-])s2)c1. The first kappa shape index (κ1) is 15.6. The maximum atomic E-state index is 11.2. The number of hydrogen-bond donors (Lipinski definition) is 2. The highest BCUT2D eigenvalue weighted by atomic mass is 32.2. The number of nitrogens with one attached hydrogen (secondary N) is 1. The van der Waals surface area contributed by atoms with Crippen LogP contribution < -0.4 is 10.5 Å². The molecule has 0 saturated heterocycles. The summed E-state index contributed by atoms with van der Waals surface area (Å²) in [5.74, 6) is 0. The highest BCUT2D eigenvalue weighted by Crippen LogP contribution is 2.23. The van der Waals surface area contributed by atoms with Crippen LogP contribution >= 0.6 is 11.3 Å². The van der Waals surface area contributed by atoms with Crippen LogP contribution in [0.2, 0.25) is 0 Å². The van der Waals surface area contributed by atoms with E-state index in [9.17, 15) is 18.5 Å². The molecular formula is C12H13N3O4S2. The van der Waals surface area contributed by atoms with Gasteiger partial charge in [-0.1, -0.05) is 23.5 Å². The summed E-state index contributed by atoms with van der Waals surface area (Å²) in [6, 6.07) is 9.48. The summed E-state index contributed by atoms with van der Waals surface area (Å²) < 4.78 is 22.5. The number of primary sulfonamides is 1. The van der Waals surface area contributed by atoms with Gasteiger partial charge in [0.15, 0.2) is 0 Å². The van der Waals surface area contributed by atoms with E-state index in [1.54, 1.807) is 18.2 Å². The quantitative estimate of drug-likeness (QED) is 0.617. The van der Waals surface area contributed by atoms with Gasteiger partial charge in [0, 0.05) is 24.0 Å². The molecule has 3 N–H and O–H groups in total. The molecule has 0 unspecified atom stereocenters. The predicted molar refractivity (Wildman–Crippen MR) is 79.3 cm³/mol. The van der Waals surface area contributed by atoms with Crippen LogP contribution in [0.3, 0.4) is 0 Å². The van der Waals surface area contributed by atoms with E-state index in [1.165, 1.54) is 18.2 Å². The molecule has 112 valence electrons. The number of sulfonamides is 1. The summed E-state index contributed by atoms with van der Waals surface area (Å²) in [5, 5.41) is 18.8. The average Bonchev–Trinajstić information content (AvgIpc) is 2.87. The Bertz CT molecular complexity index is 755. The van der Waals surface area contributed by atoms with Crippen molar-refractivity contribution in [2.24, 2.45) is 5.14 Å². The van der Waals surface area contributed by atoms with Gasteiger partial charge in [-0.25, -0.2) is 13.6 Å². The van der Waals surface area contributed by atoms with Gasteiger partial charge in [0.1, 0.15) is 0 Å². The fraction of sp³-hybridized carbons (Fsp3) is 0.167. The zero-order valence-electron chi connectivity index (χ0n) is 10.9.